The molecule has 1 atom stereocenters. The summed E-state index contributed by atoms with van der Waals surface area (Å²) in [6.07, 6.45) is 10.8. The molecular weight excluding hydrogens is 198 g/mol. The number of carbonyl (C=O) groups is 1. The lowest BCUT2D eigenvalue weighted by Crippen LogP contribution is -2.43. The molecule has 0 saturated carbocycles. The van der Waals surface area contributed by atoms with Crippen molar-refractivity contribution in [2.75, 3.05) is 21.1 Å². The third-order valence-electron chi connectivity index (χ3n) is 3.52. The molecule has 0 spiro atoms. The molecule has 0 aromatic heterocycles. The van der Waals surface area contributed by atoms with Crippen molar-refractivity contribution in [3.05, 3.63) is 0 Å². The van der Waals surface area contributed by atoms with Crippen molar-refractivity contribution < 1.29 is 9.28 Å². The highest BCUT2D eigenvalue weighted by Gasteiger charge is 2.16. The van der Waals surface area contributed by atoms with E-state index in [-0.39, 0.29) is 0 Å². The van der Waals surface area contributed by atoms with Crippen LogP contribution in [-0.4, -0.2) is 38.0 Å². The number of unbranched alkanes of at least 4 members (excludes halogenated alkanes) is 6. The summed E-state index contributed by atoms with van der Waals surface area (Å²) in [6, 6.07) is 0.759. The van der Waals surface area contributed by atoms with Gasteiger partial charge in [0.15, 0.2) is 0 Å². The lowest BCUT2D eigenvalue weighted by Gasteiger charge is -2.31. The highest BCUT2D eigenvalue weighted by molar-refractivity contribution is 5.48. The average Bonchev–Trinajstić information content (AvgIpc) is 2.20. The van der Waals surface area contributed by atoms with Gasteiger partial charge in [-0.1, -0.05) is 25.7 Å². The predicted octanol–water partition coefficient (Wildman–Crippen LogP) is 3.40. The quantitative estimate of drug-likeness (QED) is 0.318. The summed E-state index contributed by atoms with van der Waals surface area (Å²) in [5, 5.41) is 0. The molecule has 0 radical (unpaired) electrons. The third kappa shape index (κ3) is 8.90. The van der Waals surface area contributed by atoms with Crippen LogP contribution in [0.25, 0.3) is 0 Å². The highest BCUT2D eigenvalue weighted by atomic mass is 16.1. The Labute approximate surface area is 102 Å². The van der Waals surface area contributed by atoms with Crippen molar-refractivity contribution in [1.82, 2.24) is 0 Å². The molecule has 0 N–H and O–H groups in total. The van der Waals surface area contributed by atoms with Crippen molar-refractivity contribution in [3.8, 4) is 0 Å². The summed E-state index contributed by atoms with van der Waals surface area (Å²) < 4.78 is 1.07. The Morgan fingerprint density at radius 1 is 0.938 bits per heavy atom. The van der Waals surface area contributed by atoms with Gasteiger partial charge in [-0.15, -0.1) is 0 Å². The first kappa shape index (κ1) is 15.6. The summed E-state index contributed by atoms with van der Waals surface area (Å²) in [5.41, 5.74) is 0. The third-order valence-corrected chi connectivity index (χ3v) is 3.52. The van der Waals surface area contributed by atoms with Gasteiger partial charge in [-0.3, -0.25) is 0 Å². The van der Waals surface area contributed by atoms with Crippen LogP contribution in [0.2, 0.25) is 0 Å². The Kier molecular flexibility index (Phi) is 8.54. The van der Waals surface area contributed by atoms with Crippen LogP contribution in [0.5, 0.6) is 0 Å². The van der Waals surface area contributed by atoms with Crippen molar-refractivity contribution in [2.24, 2.45) is 0 Å². The van der Waals surface area contributed by atoms with Gasteiger partial charge in [0, 0.05) is 6.42 Å². The van der Waals surface area contributed by atoms with Crippen LogP contribution < -0.4 is 0 Å². The van der Waals surface area contributed by atoms with Crippen molar-refractivity contribution in [1.29, 1.82) is 0 Å². The van der Waals surface area contributed by atoms with E-state index in [0.717, 1.165) is 29.7 Å². The van der Waals surface area contributed by atoms with E-state index in [2.05, 4.69) is 28.1 Å². The largest absolute Gasteiger partial charge is 0.329 e. The SMILES string of the molecule is CC(CCCCCCCCC=O)[N+](C)(C)C. The second-order valence-corrected chi connectivity index (χ2v) is 5.83. The van der Waals surface area contributed by atoms with Gasteiger partial charge in [0.05, 0.1) is 27.2 Å². The number of carbonyl (C=O) groups excluding carboxylic acids is 1. The number of hydrogen-bond acceptors (Lipinski definition) is 1. The maximum atomic E-state index is 10.1. The Morgan fingerprint density at radius 2 is 1.44 bits per heavy atom. The first-order chi connectivity index (χ1) is 7.48. The summed E-state index contributed by atoms with van der Waals surface area (Å²) in [5.74, 6) is 0. The van der Waals surface area contributed by atoms with E-state index in [0.29, 0.717) is 0 Å². The number of quaternary nitrogens is 1. The Bertz CT molecular complexity index is 172. The Hall–Kier alpha value is -0.370. The zero-order valence-corrected chi connectivity index (χ0v) is 11.7. The minimum atomic E-state index is 0.749. The van der Waals surface area contributed by atoms with E-state index in [1.165, 1.54) is 38.5 Å². The van der Waals surface area contributed by atoms with Gasteiger partial charge in [0.25, 0.3) is 0 Å². The van der Waals surface area contributed by atoms with Gasteiger partial charge in [-0.05, 0) is 26.2 Å². The number of hydrogen-bond donors (Lipinski definition) is 0. The van der Waals surface area contributed by atoms with Crippen LogP contribution in [0.4, 0.5) is 0 Å². The summed E-state index contributed by atoms with van der Waals surface area (Å²) in [4.78, 5) is 10.1. The Morgan fingerprint density at radius 3 is 1.94 bits per heavy atom. The molecule has 0 aromatic rings. The minimum absolute atomic E-state index is 0.749. The molecule has 0 bridgehead atoms. The molecule has 96 valence electrons. The van der Waals surface area contributed by atoms with Gasteiger partial charge >= 0.3 is 0 Å². The molecule has 2 heteroatoms. The zero-order chi connectivity index (χ0) is 12.4. The van der Waals surface area contributed by atoms with E-state index in [1.807, 2.05) is 0 Å². The molecule has 0 saturated heterocycles. The van der Waals surface area contributed by atoms with Crippen LogP contribution in [0, 0.1) is 0 Å². The molecule has 1 unspecified atom stereocenters. The standard InChI is InChI=1S/C14H30NO/c1-14(15(2,3)4)12-10-8-6-5-7-9-11-13-16/h13-14H,5-12H2,1-4H3/q+1. The molecule has 0 aliphatic rings. The van der Waals surface area contributed by atoms with Crippen molar-refractivity contribution in [2.45, 2.75) is 64.3 Å². The second-order valence-electron chi connectivity index (χ2n) is 5.83. The molecule has 0 aliphatic heterocycles. The molecule has 16 heavy (non-hydrogen) atoms. The molecule has 0 aliphatic carbocycles. The van der Waals surface area contributed by atoms with E-state index < -0.39 is 0 Å². The minimum Gasteiger partial charge on any atom is -0.329 e. The Balaban J connectivity index is 3.24. The highest BCUT2D eigenvalue weighted by Crippen LogP contribution is 2.13. The van der Waals surface area contributed by atoms with Crippen LogP contribution in [0.3, 0.4) is 0 Å². The maximum Gasteiger partial charge on any atom is 0.119 e. The van der Waals surface area contributed by atoms with Gasteiger partial charge in [-0.25, -0.2) is 0 Å². The molecule has 0 aromatic carbocycles. The fourth-order valence-corrected chi connectivity index (χ4v) is 1.76. The number of rotatable bonds is 10. The zero-order valence-electron chi connectivity index (χ0n) is 11.7. The van der Waals surface area contributed by atoms with Crippen molar-refractivity contribution in [3.63, 3.8) is 0 Å². The number of nitrogens with zero attached hydrogens (tertiary/aromatic N) is 1. The molecule has 0 amide bonds. The molecule has 2 nitrogen and oxygen atoms in total. The number of aldehydes is 1. The molecular formula is C14H30NO+. The van der Waals surface area contributed by atoms with E-state index in [1.54, 1.807) is 0 Å². The first-order valence-electron chi connectivity index (χ1n) is 6.73. The summed E-state index contributed by atoms with van der Waals surface area (Å²) in [7, 11) is 6.80. The normalized spacial score (nSPS) is 13.8. The molecule has 0 heterocycles. The van der Waals surface area contributed by atoms with E-state index >= 15 is 0 Å². The first-order valence-corrected chi connectivity index (χ1v) is 6.73. The van der Waals surface area contributed by atoms with Crippen LogP contribution in [0.1, 0.15) is 58.3 Å². The van der Waals surface area contributed by atoms with Crippen LogP contribution in [0.15, 0.2) is 0 Å². The predicted molar refractivity (Wildman–Crippen MR) is 70.5 cm³/mol. The monoisotopic (exact) mass is 228 g/mol. The lowest BCUT2D eigenvalue weighted by molar-refractivity contribution is -0.894. The van der Waals surface area contributed by atoms with Crippen molar-refractivity contribution >= 4 is 6.29 Å². The lowest BCUT2D eigenvalue weighted by atomic mass is 10.0. The van der Waals surface area contributed by atoms with Gasteiger partial charge in [0.1, 0.15) is 6.29 Å². The van der Waals surface area contributed by atoms with Gasteiger partial charge < -0.3 is 9.28 Å². The smallest absolute Gasteiger partial charge is 0.119 e. The van der Waals surface area contributed by atoms with Gasteiger partial charge in [-0.2, -0.15) is 0 Å². The summed E-state index contributed by atoms with van der Waals surface area (Å²) in [6.45, 7) is 2.34. The topological polar surface area (TPSA) is 17.1 Å². The van der Waals surface area contributed by atoms with Crippen LogP contribution in [-0.2, 0) is 4.79 Å². The fourth-order valence-electron chi connectivity index (χ4n) is 1.76. The maximum absolute atomic E-state index is 10.1. The van der Waals surface area contributed by atoms with Crippen LogP contribution >= 0.6 is 0 Å². The molecule has 0 rings (SSSR count). The van der Waals surface area contributed by atoms with E-state index in [4.69, 9.17) is 0 Å². The van der Waals surface area contributed by atoms with Gasteiger partial charge in [0.2, 0.25) is 0 Å². The second kappa shape index (κ2) is 8.74. The fraction of sp³-hybridized carbons (Fsp3) is 0.929. The summed E-state index contributed by atoms with van der Waals surface area (Å²) >= 11 is 0. The average molecular weight is 228 g/mol. The van der Waals surface area contributed by atoms with E-state index in [9.17, 15) is 4.79 Å². The molecule has 0 fully saturated rings.